The van der Waals surface area contributed by atoms with E-state index < -0.39 is 0 Å². The third-order valence-corrected chi connectivity index (χ3v) is 4.10. The van der Waals surface area contributed by atoms with Crippen LogP contribution in [0.25, 0.3) is 0 Å². The van der Waals surface area contributed by atoms with Crippen LogP contribution in [0.15, 0.2) is 18.2 Å². The highest BCUT2D eigenvalue weighted by atomic mass is 16.5. The third-order valence-electron chi connectivity index (χ3n) is 4.10. The van der Waals surface area contributed by atoms with Crippen molar-refractivity contribution in [3.05, 3.63) is 29.3 Å². The van der Waals surface area contributed by atoms with Crippen LogP contribution in [0.4, 0.5) is 0 Å². The summed E-state index contributed by atoms with van der Waals surface area (Å²) in [5.41, 5.74) is 3.52. The Hall–Kier alpha value is -0.980. The molecule has 1 saturated carbocycles. The highest BCUT2D eigenvalue weighted by Gasteiger charge is 2.42. The lowest BCUT2D eigenvalue weighted by Crippen LogP contribution is -2.05. The lowest BCUT2D eigenvalue weighted by atomic mass is 9.91. The molecule has 1 aliphatic carbocycles. The van der Waals surface area contributed by atoms with Crippen molar-refractivity contribution in [3.8, 4) is 5.75 Å². The van der Waals surface area contributed by atoms with Gasteiger partial charge in [-0.3, -0.25) is 0 Å². The first kappa shape index (κ1) is 10.2. The van der Waals surface area contributed by atoms with Crippen LogP contribution < -0.4 is 4.74 Å². The van der Waals surface area contributed by atoms with Crippen molar-refractivity contribution in [2.24, 2.45) is 5.41 Å². The van der Waals surface area contributed by atoms with Crippen LogP contribution in [-0.4, -0.2) is 6.61 Å². The van der Waals surface area contributed by atoms with Gasteiger partial charge in [0.05, 0.1) is 6.61 Å². The summed E-state index contributed by atoms with van der Waals surface area (Å²) in [6.45, 7) is 3.18. The third kappa shape index (κ3) is 1.73. The Bertz CT molecular complexity index is 390. The SMILES string of the molecule is CCCC1(Cc2cccc3c2OCC3)CC1. The van der Waals surface area contributed by atoms with Crippen molar-refractivity contribution < 1.29 is 4.74 Å². The minimum absolute atomic E-state index is 0.635. The van der Waals surface area contributed by atoms with Crippen LogP contribution in [0.2, 0.25) is 0 Å². The monoisotopic (exact) mass is 216 g/mol. The van der Waals surface area contributed by atoms with Crippen LogP contribution in [0.3, 0.4) is 0 Å². The highest BCUT2D eigenvalue weighted by molar-refractivity contribution is 5.44. The van der Waals surface area contributed by atoms with E-state index in [1.165, 1.54) is 49.0 Å². The van der Waals surface area contributed by atoms with E-state index in [1.807, 2.05) is 0 Å². The predicted molar refractivity (Wildman–Crippen MR) is 65.9 cm³/mol. The molecule has 1 aromatic carbocycles. The Kier molecular flexibility index (Phi) is 2.42. The number of rotatable bonds is 4. The van der Waals surface area contributed by atoms with Crippen molar-refractivity contribution in [3.63, 3.8) is 0 Å². The zero-order valence-corrected chi connectivity index (χ0v) is 10.1. The van der Waals surface area contributed by atoms with Gasteiger partial charge in [-0.2, -0.15) is 0 Å². The molecule has 0 unspecified atom stereocenters. The maximum Gasteiger partial charge on any atom is 0.125 e. The van der Waals surface area contributed by atoms with E-state index in [9.17, 15) is 0 Å². The molecule has 0 radical (unpaired) electrons. The topological polar surface area (TPSA) is 9.23 Å². The molecule has 2 aliphatic rings. The van der Waals surface area contributed by atoms with Crippen molar-refractivity contribution in [2.45, 2.75) is 45.4 Å². The van der Waals surface area contributed by atoms with E-state index in [1.54, 1.807) is 0 Å². The first-order chi connectivity index (χ1) is 7.83. The molecule has 1 aliphatic heterocycles. The Balaban J connectivity index is 1.83. The quantitative estimate of drug-likeness (QED) is 0.745. The number of para-hydroxylation sites is 1. The molecule has 0 atom stereocenters. The van der Waals surface area contributed by atoms with Crippen LogP contribution in [-0.2, 0) is 12.8 Å². The normalized spacial score (nSPS) is 20.3. The summed E-state index contributed by atoms with van der Waals surface area (Å²) in [5, 5.41) is 0. The van der Waals surface area contributed by atoms with E-state index in [2.05, 4.69) is 25.1 Å². The second-order valence-corrected chi connectivity index (χ2v) is 5.43. The fraction of sp³-hybridized carbons (Fsp3) is 0.600. The molecule has 0 N–H and O–H groups in total. The summed E-state index contributed by atoms with van der Waals surface area (Å²) < 4.78 is 5.78. The van der Waals surface area contributed by atoms with Crippen molar-refractivity contribution in [1.82, 2.24) is 0 Å². The van der Waals surface area contributed by atoms with E-state index in [4.69, 9.17) is 4.74 Å². The Morgan fingerprint density at radius 3 is 2.94 bits per heavy atom. The number of hydrogen-bond acceptors (Lipinski definition) is 1. The number of benzene rings is 1. The van der Waals surface area contributed by atoms with E-state index in [0.717, 1.165) is 13.0 Å². The Morgan fingerprint density at radius 2 is 2.19 bits per heavy atom. The van der Waals surface area contributed by atoms with Gasteiger partial charge in [-0.05, 0) is 42.2 Å². The van der Waals surface area contributed by atoms with Gasteiger partial charge in [0.1, 0.15) is 5.75 Å². The van der Waals surface area contributed by atoms with E-state index in [-0.39, 0.29) is 0 Å². The maximum atomic E-state index is 5.78. The molecule has 86 valence electrons. The number of hydrogen-bond donors (Lipinski definition) is 0. The second kappa shape index (κ2) is 3.80. The summed E-state index contributed by atoms with van der Waals surface area (Å²) in [6, 6.07) is 6.68. The summed E-state index contributed by atoms with van der Waals surface area (Å²) in [5.74, 6) is 1.21. The zero-order valence-electron chi connectivity index (χ0n) is 10.1. The summed E-state index contributed by atoms with van der Waals surface area (Å²) >= 11 is 0. The van der Waals surface area contributed by atoms with Crippen LogP contribution in [0.5, 0.6) is 5.75 Å². The molecule has 16 heavy (non-hydrogen) atoms. The van der Waals surface area contributed by atoms with Gasteiger partial charge in [-0.1, -0.05) is 31.5 Å². The van der Waals surface area contributed by atoms with Crippen LogP contribution in [0.1, 0.15) is 43.7 Å². The standard InChI is InChI=1S/C15H20O/c1-2-7-15(8-9-15)11-13-5-3-4-12-6-10-16-14(12)13/h3-5H,2,6-11H2,1H3. The first-order valence-electron chi connectivity index (χ1n) is 6.57. The second-order valence-electron chi connectivity index (χ2n) is 5.43. The average Bonchev–Trinajstić information content (AvgIpc) is 2.87. The maximum absolute atomic E-state index is 5.78. The van der Waals surface area contributed by atoms with Crippen molar-refractivity contribution >= 4 is 0 Å². The molecular formula is C15H20O. The molecule has 1 fully saturated rings. The van der Waals surface area contributed by atoms with Crippen molar-refractivity contribution in [1.29, 1.82) is 0 Å². The van der Waals surface area contributed by atoms with Crippen LogP contribution in [0, 0.1) is 5.41 Å². The van der Waals surface area contributed by atoms with Gasteiger partial charge in [-0.15, -0.1) is 0 Å². The van der Waals surface area contributed by atoms with Gasteiger partial charge in [0.25, 0.3) is 0 Å². The molecule has 1 heterocycles. The van der Waals surface area contributed by atoms with Gasteiger partial charge >= 0.3 is 0 Å². The summed E-state index contributed by atoms with van der Waals surface area (Å²) in [6.07, 6.45) is 7.88. The molecule has 1 nitrogen and oxygen atoms in total. The molecule has 1 aromatic rings. The minimum atomic E-state index is 0.635. The van der Waals surface area contributed by atoms with Gasteiger partial charge in [0.2, 0.25) is 0 Å². The molecule has 0 bridgehead atoms. The molecule has 0 amide bonds. The summed E-state index contributed by atoms with van der Waals surface area (Å²) in [4.78, 5) is 0. The van der Waals surface area contributed by atoms with Crippen molar-refractivity contribution in [2.75, 3.05) is 6.61 Å². The predicted octanol–water partition coefficient (Wildman–Crippen LogP) is 3.74. The smallest absolute Gasteiger partial charge is 0.125 e. The van der Waals surface area contributed by atoms with Crippen LogP contribution >= 0.6 is 0 Å². The van der Waals surface area contributed by atoms with E-state index >= 15 is 0 Å². The fourth-order valence-electron chi connectivity index (χ4n) is 3.05. The minimum Gasteiger partial charge on any atom is -0.493 e. The zero-order chi connectivity index (χ0) is 11.0. The fourth-order valence-corrected chi connectivity index (χ4v) is 3.05. The molecule has 0 spiro atoms. The molecule has 1 heteroatoms. The lowest BCUT2D eigenvalue weighted by Gasteiger charge is -2.16. The molecule has 0 saturated heterocycles. The largest absolute Gasteiger partial charge is 0.493 e. The first-order valence-corrected chi connectivity index (χ1v) is 6.57. The number of ether oxygens (including phenoxy) is 1. The average molecular weight is 216 g/mol. The highest BCUT2D eigenvalue weighted by Crippen LogP contribution is 2.53. The van der Waals surface area contributed by atoms with Gasteiger partial charge in [0, 0.05) is 6.42 Å². The Morgan fingerprint density at radius 1 is 1.31 bits per heavy atom. The van der Waals surface area contributed by atoms with Gasteiger partial charge in [-0.25, -0.2) is 0 Å². The lowest BCUT2D eigenvalue weighted by molar-refractivity contribution is 0.348. The Labute approximate surface area is 97.8 Å². The van der Waals surface area contributed by atoms with Gasteiger partial charge < -0.3 is 4.74 Å². The molecule has 3 rings (SSSR count). The molecule has 0 aromatic heterocycles. The van der Waals surface area contributed by atoms with E-state index in [0.29, 0.717) is 5.41 Å². The van der Waals surface area contributed by atoms with Gasteiger partial charge in [0.15, 0.2) is 0 Å². The number of fused-ring (bicyclic) bond motifs is 1. The summed E-state index contributed by atoms with van der Waals surface area (Å²) in [7, 11) is 0. The molecular weight excluding hydrogens is 196 g/mol.